The molecule has 28 heavy (non-hydrogen) atoms. The van der Waals surface area contributed by atoms with Crippen LogP contribution in [0.3, 0.4) is 0 Å². The van der Waals surface area contributed by atoms with Crippen molar-refractivity contribution in [2.75, 3.05) is 13.7 Å². The van der Waals surface area contributed by atoms with E-state index in [4.69, 9.17) is 14.6 Å². The number of carboxylic acids is 1. The molecule has 0 saturated heterocycles. The topological polar surface area (TPSA) is 102 Å². The van der Waals surface area contributed by atoms with Crippen LogP contribution in [0.5, 0.6) is 17.2 Å². The van der Waals surface area contributed by atoms with E-state index < -0.39 is 24.3 Å². The second-order valence-electron chi connectivity index (χ2n) is 5.80. The number of carboxylic acid groups (broad SMARTS) is 1. The van der Waals surface area contributed by atoms with E-state index in [1.165, 1.54) is 19.2 Å². The highest BCUT2D eigenvalue weighted by Gasteiger charge is 2.22. The highest BCUT2D eigenvalue weighted by Crippen LogP contribution is 2.37. The lowest BCUT2D eigenvalue weighted by Gasteiger charge is -2.15. The average molecular weight is 379 g/mol. The third kappa shape index (κ3) is 3.93. The Morgan fingerprint density at radius 3 is 2.36 bits per heavy atom. The Labute approximate surface area is 160 Å². The van der Waals surface area contributed by atoms with Gasteiger partial charge in [-0.15, -0.1) is 0 Å². The van der Waals surface area contributed by atoms with Gasteiger partial charge in [-0.05, 0) is 30.3 Å². The largest absolute Gasteiger partial charge is 0.481 e. The summed E-state index contributed by atoms with van der Waals surface area (Å²) in [7, 11) is 1.36. The van der Waals surface area contributed by atoms with Crippen LogP contribution in [0.25, 0.3) is 10.8 Å². The molecule has 0 heterocycles. The normalized spacial score (nSPS) is 10.3. The van der Waals surface area contributed by atoms with Gasteiger partial charge in [-0.3, -0.25) is 9.59 Å². The van der Waals surface area contributed by atoms with Crippen LogP contribution in [0.1, 0.15) is 10.4 Å². The number of ether oxygens (including phenoxy) is 2. The summed E-state index contributed by atoms with van der Waals surface area (Å²) in [6.45, 7) is -0.587. The minimum Gasteiger partial charge on any atom is -0.481 e. The molecule has 0 spiro atoms. The van der Waals surface area contributed by atoms with Crippen LogP contribution in [0.15, 0.2) is 60.7 Å². The number of aliphatic carboxylic acids is 1. The molecular formula is C21H17NO6. The van der Waals surface area contributed by atoms with Crippen molar-refractivity contribution < 1.29 is 29.0 Å². The van der Waals surface area contributed by atoms with Crippen molar-refractivity contribution in [1.82, 2.24) is 5.32 Å². The highest BCUT2D eigenvalue weighted by molar-refractivity contribution is 6.45. The minimum absolute atomic E-state index is 0.0933. The van der Waals surface area contributed by atoms with Gasteiger partial charge in [0.1, 0.15) is 17.2 Å². The monoisotopic (exact) mass is 379 g/mol. The van der Waals surface area contributed by atoms with Crippen molar-refractivity contribution in [3.63, 3.8) is 0 Å². The van der Waals surface area contributed by atoms with Crippen molar-refractivity contribution >= 4 is 28.4 Å². The summed E-state index contributed by atoms with van der Waals surface area (Å²) in [5.74, 6) is -1.50. The number of hydrogen-bond donors (Lipinski definition) is 2. The Morgan fingerprint density at radius 1 is 0.929 bits per heavy atom. The van der Waals surface area contributed by atoms with E-state index in [1.807, 2.05) is 18.2 Å². The quantitative estimate of drug-likeness (QED) is 0.483. The summed E-state index contributed by atoms with van der Waals surface area (Å²) in [5, 5.41) is 12.0. The van der Waals surface area contributed by atoms with E-state index in [9.17, 15) is 14.4 Å². The number of nitrogens with one attached hydrogen (secondary N) is 1. The number of Topliss-reactive ketones (excluding diaryl/α,β-unsaturated/α-hetero) is 1. The zero-order valence-electron chi connectivity index (χ0n) is 15.0. The lowest BCUT2D eigenvalue weighted by Crippen LogP contribution is -2.27. The summed E-state index contributed by atoms with van der Waals surface area (Å²) in [5.41, 5.74) is 0.0933. The van der Waals surface area contributed by atoms with Crippen LogP contribution < -0.4 is 14.8 Å². The first kappa shape index (κ1) is 18.9. The van der Waals surface area contributed by atoms with Gasteiger partial charge in [-0.2, -0.15) is 0 Å². The molecule has 142 valence electrons. The van der Waals surface area contributed by atoms with Crippen LogP contribution in [-0.4, -0.2) is 36.4 Å². The van der Waals surface area contributed by atoms with Crippen LogP contribution in [0.2, 0.25) is 0 Å². The zero-order valence-corrected chi connectivity index (χ0v) is 15.0. The van der Waals surface area contributed by atoms with Gasteiger partial charge in [-0.1, -0.05) is 30.3 Å². The number of likely N-dealkylation sites (N-methyl/N-ethyl adjacent to an activating group) is 1. The standard InChI is InChI=1S/C21H17NO6/c1-22-21(26)20(25)15-10-11-16(28-13-6-3-2-4-7-13)14-8-5-9-17(19(14)15)27-12-18(23)24/h2-11H,12H2,1H3,(H,22,26)(H,23,24). The number of fused-ring (bicyclic) bond motifs is 1. The second kappa shape index (κ2) is 8.22. The molecule has 0 unspecified atom stereocenters. The molecule has 0 aliphatic carbocycles. The van der Waals surface area contributed by atoms with E-state index in [0.29, 0.717) is 22.3 Å². The SMILES string of the molecule is CNC(=O)C(=O)c1ccc(Oc2ccccc2)c2cccc(OCC(=O)O)c12. The maximum absolute atomic E-state index is 12.5. The van der Waals surface area contributed by atoms with Gasteiger partial charge in [0.2, 0.25) is 0 Å². The number of ketones is 1. The molecule has 2 N–H and O–H groups in total. The van der Waals surface area contributed by atoms with Crippen molar-refractivity contribution in [2.45, 2.75) is 0 Å². The molecule has 0 saturated carbocycles. The lowest BCUT2D eigenvalue weighted by atomic mass is 9.99. The summed E-state index contributed by atoms with van der Waals surface area (Å²) >= 11 is 0. The molecule has 0 radical (unpaired) electrons. The van der Waals surface area contributed by atoms with E-state index in [-0.39, 0.29) is 11.3 Å². The van der Waals surface area contributed by atoms with Gasteiger partial charge in [0.15, 0.2) is 6.61 Å². The van der Waals surface area contributed by atoms with E-state index in [2.05, 4.69) is 5.32 Å². The Hall–Kier alpha value is -3.87. The number of para-hydroxylation sites is 1. The fraction of sp³-hybridized carbons (Fsp3) is 0.0952. The van der Waals surface area contributed by atoms with Gasteiger partial charge in [-0.25, -0.2) is 4.79 Å². The van der Waals surface area contributed by atoms with Gasteiger partial charge in [0.05, 0.1) is 0 Å². The number of carbonyl (C=O) groups is 3. The molecule has 7 heteroatoms. The number of benzene rings is 3. The molecular weight excluding hydrogens is 362 g/mol. The second-order valence-corrected chi connectivity index (χ2v) is 5.80. The molecule has 0 aromatic heterocycles. The van der Waals surface area contributed by atoms with Crippen molar-refractivity contribution in [2.24, 2.45) is 0 Å². The summed E-state index contributed by atoms with van der Waals surface area (Å²) in [6, 6.07) is 17.0. The number of rotatable bonds is 7. The Bertz CT molecular complexity index is 1050. The van der Waals surface area contributed by atoms with Crippen LogP contribution >= 0.6 is 0 Å². The molecule has 0 aliphatic rings. The van der Waals surface area contributed by atoms with E-state index in [0.717, 1.165) is 0 Å². The Kier molecular flexibility index (Phi) is 5.55. The molecule has 3 aromatic rings. The highest BCUT2D eigenvalue weighted by atomic mass is 16.5. The maximum atomic E-state index is 12.5. The van der Waals surface area contributed by atoms with Crippen LogP contribution in [-0.2, 0) is 9.59 Å². The van der Waals surface area contributed by atoms with Crippen LogP contribution in [0.4, 0.5) is 0 Å². The average Bonchev–Trinajstić information content (AvgIpc) is 2.72. The first-order valence-corrected chi connectivity index (χ1v) is 8.41. The Morgan fingerprint density at radius 2 is 1.68 bits per heavy atom. The molecule has 7 nitrogen and oxygen atoms in total. The summed E-state index contributed by atoms with van der Waals surface area (Å²) in [4.78, 5) is 35.3. The number of hydrogen-bond acceptors (Lipinski definition) is 5. The molecule has 0 aliphatic heterocycles. The predicted octanol–water partition coefficient (Wildman–Crippen LogP) is 3.02. The Balaban J connectivity index is 2.17. The molecule has 0 atom stereocenters. The smallest absolute Gasteiger partial charge is 0.341 e. The zero-order chi connectivity index (χ0) is 20.1. The summed E-state index contributed by atoms with van der Waals surface area (Å²) < 4.78 is 11.3. The van der Waals surface area contributed by atoms with E-state index in [1.54, 1.807) is 30.3 Å². The minimum atomic E-state index is -1.16. The number of amides is 1. The van der Waals surface area contributed by atoms with Gasteiger partial charge >= 0.3 is 5.97 Å². The van der Waals surface area contributed by atoms with Crippen molar-refractivity contribution in [1.29, 1.82) is 0 Å². The van der Waals surface area contributed by atoms with Crippen molar-refractivity contribution in [3.05, 3.63) is 66.2 Å². The fourth-order valence-electron chi connectivity index (χ4n) is 2.74. The maximum Gasteiger partial charge on any atom is 0.341 e. The molecule has 3 aromatic carbocycles. The molecule has 3 rings (SSSR count). The lowest BCUT2D eigenvalue weighted by molar-refractivity contribution is -0.139. The third-order valence-electron chi connectivity index (χ3n) is 3.96. The van der Waals surface area contributed by atoms with Gasteiger partial charge in [0.25, 0.3) is 11.7 Å². The summed E-state index contributed by atoms with van der Waals surface area (Å²) in [6.07, 6.45) is 0. The molecule has 0 bridgehead atoms. The van der Waals surface area contributed by atoms with Gasteiger partial charge < -0.3 is 19.9 Å². The predicted molar refractivity (Wildman–Crippen MR) is 102 cm³/mol. The fourth-order valence-corrected chi connectivity index (χ4v) is 2.74. The van der Waals surface area contributed by atoms with Gasteiger partial charge in [0, 0.05) is 23.4 Å². The first-order chi connectivity index (χ1) is 13.5. The third-order valence-corrected chi connectivity index (χ3v) is 3.96. The van der Waals surface area contributed by atoms with E-state index >= 15 is 0 Å². The molecule has 1 amide bonds. The molecule has 0 fully saturated rings. The van der Waals surface area contributed by atoms with Crippen LogP contribution in [0, 0.1) is 0 Å². The first-order valence-electron chi connectivity index (χ1n) is 8.41. The van der Waals surface area contributed by atoms with Crippen molar-refractivity contribution in [3.8, 4) is 17.2 Å². The number of carbonyl (C=O) groups excluding carboxylic acids is 2.